The van der Waals surface area contributed by atoms with E-state index in [-0.39, 0.29) is 17.8 Å². The number of rotatable bonds is 4. The summed E-state index contributed by atoms with van der Waals surface area (Å²) < 4.78 is 6.10. The van der Waals surface area contributed by atoms with Gasteiger partial charge in [-0.25, -0.2) is 9.79 Å². The van der Waals surface area contributed by atoms with E-state index in [4.69, 9.17) is 4.74 Å². The van der Waals surface area contributed by atoms with Gasteiger partial charge in [0.05, 0.1) is 29.2 Å². The number of thioether (sulfide) groups is 1. The molecule has 1 aromatic carbocycles. The predicted octanol–water partition coefficient (Wildman–Crippen LogP) is 4.05. The number of aliphatic imine (C=N–C) groups is 1. The second kappa shape index (κ2) is 7.33. The number of benzene rings is 1. The Balaban J connectivity index is 2.17. The fourth-order valence-electron chi connectivity index (χ4n) is 3.05. The van der Waals surface area contributed by atoms with Crippen LogP contribution < -0.4 is 0 Å². The van der Waals surface area contributed by atoms with Crippen LogP contribution in [0, 0.1) is 0 Å². The average molecular weight is 423 g/mol. The lowest BCUT2D eigenvalue weighted by molar-refractivity contribution is -0.139. The Labute approximate surface area is 159 Å². The van der Waals surface area contributed by atoms with Crippen molar-refractivity contribution in [3.8, 4) is 0 Å². The Morgan fingerprint density at radius 1 is 1.36 bits per heavy atom. The van der Waals surface area contributed by atoms with Crippen LogP contribution in [-0.2, 0) is 14.3 Å². The van der Waals surface area contributed by atoms with Crippen molar-refractivity contribution < 1.29 is 14.3 Å². The first kappa shape index (κ1) is 18.2. The van der Waals surface area contributed by atoms with E-state index in [2.05, 4.69) is 20.9 Å². The smallest absolute Gasteiger partial charge is 0.338 e. The molecule has 132 valence electrons. The highest BCUT2D eigenvalue weighted by Crippen LogP contribution is 2.45. The van der Waals surface area contributed by atoms with Gasteiger partial charge in [0.1, 0.15) is 0 Å². The number of halogens is 1. The number of amides is 1. The Kier molecular flexibility index (Phi) is 5.34. The largest absolute Gasteiger partial charge is 0.463 e. The van der Waals surface area contributed by atoms with Crippen molar-refractivity contribution >= 4 is 44.7 Å². The molecule has 2 aliphatic heterocycles. The number of hydrogen-bond acceptors (Lipinski definition) is 5. The van der Waals surface area contributed by atoms with Crippen LogP contribution in [0.5, 0.6) is 0 Å². The number of carbonyl (C=O) groups excluding carboxylic acids is 2. The predicted molar refractivity (Wildman–Crippen MR) is 102 cm³/mol. The lowest BCUT2D eigenvalue weighted by Crippen LogP contribution is -2.41. The third-order valence-corrected chi connectivity index (χ3v) is 6.26. The van der Waals surface area contributed by atoms with Crippen molar-refractivity contribution in [2.75, 3.05) is 6.61 Å². The number of nitrogens with zero attached hydrogens (tertiary/aromatic N) is 2. The van der Waals surface area contributed by atoms with Crippen LogP contribution in [0.25, 0.3) is 0 Å². The third kappa shape index (κ3) is 3.15. The fourth-order valence-corrected chi connectivity index (χ4v) is 4.69. The summed E-state index contributed by atoms with van der Waals surface area (Å²) in [6.07, 6.45) is 0.718. The average Bonchev–Trinajstić information content (AvgIpc) is 2.90. The fraction of sp³-hybridized carbons (Fsp3) is 0.389. The molecule has 3 rings (SSSR count). The van der Waals surface area contributed by atoms with Crippen LogP contribution in [0.3, 0.4) is 0 Å². The van der Waals surface area contributed by atoms with E-state index in [1.165, 1.54) is 11.8 Å². The summed E-state index contributed by atoms with van der Waals surface area (Å²) in [7, 11) is 0. The van der Waals surface area contributed by atoms with Crippen molar-refractivity contribution in [3.63, 3.8) is 0 Å². The van der Waals surface area contributed by atoms with Gasteiger partial charge < -0.3 is 4.74 Å². The van der Waals surface area contributed by atoms with Gasteiger partial charge in [-0.05, 0) is 31.9 Å². The minimum atomic E-state index is -0.529. The molecule has 0 aromatic heterocycles. The Hall–Kier alpha value is -1.60. The first-order valence-corrected chi connectivity index (χ1v) is 9.87. The standard InChI is InChI=1S/C18H19BrN2O3S/c1-4-13-16(22)21-15(11-8-6-7-9-12(11)19)14(17(23)24-5-2)10(3)20-18(21)25-13/h6-9,13,15H,4-5H2,1-3H3. The molecule has 1 saturated heterocycles. The summed E-state index contributed by atoms with van der Waals surface area (Å²) >= 11 is 5.02. The first-order valence-electron chi connectivity index (χ1n) is 8.20. The summed E-state index contributed by atoms with van der Waals surface area (Å²) in [6, 6.07) is 7.10. The summed E-state index contributed by atoms with van der Waals surface area (Å²) in [5.74, 6) is -0.442. The number of ether oxygens (including phenoxy) is 1. The van der Waals surface area contributed by atoms with Gasteiger partial charge >= 0.3 is 5.97 Å². The van der Waals surface area contributed by atoms with Gasteiger partial charge in [-0.1, -0.05) is 52.8 Å². The van der Waals surface area contributed by atoms with Gasteiger partial charge in [-0.2, -0.15) is 0 Å². The van der Waals surface area contributed by atoms with E-state index in [0.29, 0.717) is 16.4 Å². The Morgan fingerprint density at radius 3 is 2.72 bits per heavy atom. The number of amidine groups is 1. The molecule has 2 atom stereocenters. The minimum absolute atomic E-state index is 0.0127. The van der Waals surface area contributed by atoms with Gasteiger partial charge in [-0.3, -0.25) is 9.69 Å². The third-order valence-electron chi connectivity index (χ3n) is 4.22. The molecule has 2 unspecified atom stereocenters. The van der Waals surface area contributed by atoms with Gasteiger partial charge in [0.15, 0.2) is 5.17 Å². The van der Waals surface area contributed by atoms with E-state index in [0.717, 1.165) is 16.5 Å². The van der Waals surface area contributed by atoms with Gasteiger partial charge in [0.25, 0.3) is 0 Å². The second-order valence-electron chi connectivity index (χ2n) is 5.76. The second-order valence-corrected chi connectivity index (χ2v) is 7.79. The van der Waals surface area contributed by atoms with Crippen molar-refractivity contribution in [2.24, 2.45) is 4.99 Å². The Bertz CT molecular complexity index is 790. The zero-order chi connectivity index (χ0) is 18.1. The van der Waals surface area contributed by atoms with E-state index < -0.39 is 12.0 Å². The summed E-state index contributed by atoms with van der Waals surface area (Å²) in [6.45, 7) is 5.82. The molecule has 0 bridgehead atoms. The van der Waals surface area contributed by atoms with E-state index in [1.54, 1.807) is 18.7 Å². The zero-order valence-electron chi connectivity index (χ0n) is 14.3. The van der Waals surface area contributed by atoms with Crippen molar-refractivity contribution in [3.05, 3.63) is 45.6 Å². The van der Waals surface area contributed by atoms with Crippen molar-refractivity contribution in [1.82, 2.24) is 4.90 Å². The monoisotopic (exact) mass is 422 g/mol. The molecule has 0 radical (unpaired) electrons. The highest BCUT2D eigenvalue weighted by atomic mass is 79.9. The van der Waals surface area contributed by atoms with E-state index >= 15 is 0 Å². The maximum Gasteiger partial charge on any atom is 0.338 e. The molecule has 0 spiro atoms. The molecular formula is C18H19BrN2O3S. The van der Waals surface area contributed by atoms with E-state index in [9.17, 15) is 9.59 Å². The summed E-state index contributed by atoms with van der Waals surface area (Å²) in [4.78, 5) is 31.8. The number of esters is 1. The molecule has 5 nitrogen and oxygen atoms in total. The molecule has 1 amide bonds. The lowest BCUT2D eigenvalue weighted by atomic mass is 9.94. The molecule has 0 N–H and O–H groups in total. The van der Waals surface area contributed by atoms with Crippen LogP contribution in [0.15, 0.2) is 45.0 Å². The normalized spacial score (nSPS) is 22.8. The SMILES string of the molecule is CCOC(=O)C1=C(C)N=C2SC(CC)C(=O)N2C1c1ccccc1Br. The summed E-state index contributed by atoms with van der Waals surface area (Å²) in [5, 5.41) is 0.487. The quantitative estimate of drug-likeness (QED) is 0.686. The van der Waals surface area contributed by atoms with Gasteiger partial charge in [0, 0.05) is 4.47 Å². The molecule has 7 heteroatoms. The first-order chi connectivity index (χ1) is 12.0. The van der Waals surface area contributed by atoms with E-state index in [1.807, 2.05) is 31.2 Å². The van der Waals surface area contributed by atoms with Gasteiger partial charge in [-0.15, -0.1) is 0 Å². The highest BCUT2D eigenvalue weighted by Gasteiger charge is 2.47. The number of hydrogen-bond donors (Lipinski definition) is 0. The number of fused-ring (bicyclic) bond motifs is 1. The molecule has 1 aromatic rings. The Morgan fingerprint density at radius 2 is 2.08 bits per heavy atom. The number of carbonyl (C=O) groups is 2. The molecular weight excluding hydrogens is 404 g/mol. The van der Waals surface area contributed by atoms with Crippen LogP contribution in [0.1, 0.15) is 38.8 Å². The molecule has 1 fully saturated rings. The number of allylic oxidation sites excluding steroid dienone is 1. The highest BCUT2D eigenvalue weighted by molar-refractivity contribution is 9.10. The molecule has 0 aliphatic carbocycles. The summed E-state index contributed by atoms with van der Waals surface area (Å²) in [5.41, 5.74) is 1.87. The molecule has 25 heavy (non-hydrogen) atoms. The topological polar surface area (TPSA) is 59.0 Å². The zero-order valence-corrected chi connectivity index (χ0v) is 16.7. The van der Waals surface area contributed by atoms with Crippen LogP contribution in [0.4, 0.5) is 0 Å². The molecule has 0 saturated carbocycles. The van der Waals surface area contributed by atoms with Crippen molar-refractivity contribution in [1.29, 1.82) is 0 Å². The van der Waals surface area contributed by atoms with Crippen LogP contribution in [0.2, 0.25) is 0 Å². The lowest BCUT2D eigenvalue weighted by Gasteiger charge is -2.33. The molecule has 2 heterocycles. The minimum Gasteiger partial charge on any atom is -0.463 e. The van der Waals surface area contributed by atoms with Gasteiger partial charge in [0.2, 0.25) is 5.91 Å². The van der Waals surface area contributed by atoms with Crippen LogP contribution >= 0.6 is 27.7 Å². The van der Waals surface area contributed by atoms with Crippen LogP contribution in [-0.4, -0.2) is 33.8 Å². The van der Waals surface area contributed by atoms with Crippen molar-refractivity contribution in [2.45, 2.75) is 38.5 Å². The molecule has 2 aliphatic rings. The maximum atomic E-state index is 12.9. The maximum absolute atomic E-state index is 12.9.